The van der Waals surface area contributed by atoms with E-state index in [0.717, 1.165) is 32.0 Å². The Morgan fingerprint density at radius 3 is 2.52 bits per heavy atom. The van der Waals surface area contributed by atoms with Gasteiger partial charge in [0.2, 0.25) is 0 Å². The normalized spacial score (nSPS) is 15.6. The van der Waals surface area contributed by atoms with Gasteiger partial charge in [0, 0.05) is 44.1 Å². The molecule has 2 aromatic heterocycles. The number of nitrogens with zero attached hydrogens (tertiary/aromatic N) is 4. The van der Waals surface area contributed by atoms with Gasteiger partial charge in [0.25, 0.3) is 5.91 Å². The smallest absolute Gasteiger partial charge is 0.354 e. The van der Waals surface area contributed by atoms with E-state index in [-0.39, 0.29) is 10.6 Å². The number of piperazine rings is 1. The van der Waals surface area contributed by atoms with Crippen molar-refractivity contribution >= 4 is 29.2 Å². The summed E-state index contributed by atoms with van der Waals surface area (Å²) in [5, 5.41) is 2.19. The van der Waals surface area contributed by atoms with Crippen LogP contribution in [0.4, 0.5) is 24.7 Å². The molecule has 10 heteroatoms. The molecule has 1 fully saturated rings. The summed E-state index contributed by atoms with van der Waals surface area (Å²) in [4.78, 5) is 24.8. The zero-order valence-electron chi connectivity index (χ0n) is 14.5. The van der Waals surface area contributed by atoms with Gasteiger partial charge in [0.05, 0.1) is 17.4 Å². The van der Waals surface area contributed by atoms with Crippen LogP contribution in [-0.2, 0) is 0 Å². The van der Waals surface area contributed by atoms with Crippen molar-refractivity contribution in [2.24, 2.45) is 0 Å². The monoisotopic (exact) mass is 397 g/mol. The number of hydrogen-bond donors (Lipinski definition) is 1. The van der Waals surface area contributed by atoms with Crippen LogP contribution in [-0.4, -0.2) is 59.5 Å². The predicted molar refractivity (Wildman–Crippen MR) is 98.0 cm³/mol. The van der Waals surface area contributed by atoms with Gasteiger partial charge >= 0.3 is 5.51 Å². The van der Waals surface area contributed by atoms with E-state index in [1.54, 1.807) is 12.1 Å². The van der Waals surface area contributed by atoms with E-state index in [1.165, 1.54) is 24.5 Å². The number of carbonyl (C=O) groups is 1. The van der Waals surface area contributed by atoms with E-state index in [1.807, 2.05) is 0 Å². The van der Waals surface area contributed by atoms with Crippen LogP contribution in [0.2, 0.25) is 0 Å². The number of carbonyl (C=O) groups excluding carboxylic acids is 1. The summed E-state index contributed by atoms with van der Waals surface area (Å²) in [6, 6.07) is 6.20. The highest BCUT2D eigenvalue weighted by atomic mass is 32.2. The van der Waals surface area contributed by atoms with Crippen molar-refractivity contribution in [3.63, 3.8) is 0 Å². The fraction of sp³-hybridized carbons (Fsp3) is 0.353. The maximum Gasteiger partial charge on any atom is 0.447 e. The van der Waals surface area contributed by atoms with Gasteiger partial charge in [-0.05, 0) is 31.3 Å². The first-order valence-corrected chi connectivity index (χ1v) is 9.05. The number of amides is 1. The van der Waals surface area contributed by atoms with Crippen molar-refractivity contribution in [1.29, 1.82) is 0 Å². The van der Waals surface area contributed by atoms with Crippen molar-refractivity contribution in [3.8, 4) is 0 Å². The van der Waals surface area contributed by atoms with Gasteiger partial charge in [-0.15, -0.1) is 0 Å². The molecule has 1 amide bonds. The number of aromatic nitrogens is 2. The molecule has 0 atom stereocenters. The highest BCUT2D eigenvalue weighted by molar-refractivity contribution is 8.00. The number of nitrogens with one attached hydrogen (secondary N) is 1. The van der Waals surface area contributed by atoms with Gasteiger partial charge in [0.1, 0.15) is 10.8 Å². The fourth-order valence-electron chi connectivity index (χ4n) is 2.64. The molecule has 0 saturated carbocycles. The molecular formula is C17H18F3N5OS. The average Bonchev–Trinajstić information content (AvgIpc) is 2.62. The molecule has 1 N–H and O–H groups in total. The first-order valence-electron chi connectivity index (χ1n) is 8.23. The molecule has 1 aliphatic rings. The zero-order valence-corrected chi connectivity index (χ0v) is 15.3. The molecule has 0 unspecified atom stereocenters. The maximum atomic E-state index is 12.6. The number of thioether (sulfide) groups is 1. The zero-order chi connectivity index (χ0) is 19.4. The second kappa shape index (κ2) is 8.13. The van der Waals surface area contributed by atoms with Crippen LogP contribution in [0.1, 0.15) is 10.4 Å². The van der Waals surface area contributed by atoms with Crippen LogP contribution in [0.15, 0.2) is 41.7 Å². The first-order chi connectivity index (χ1) is 12.8. The van der Waals surface area contributed by atoms with Crippen LogP contribution in [0.5, 0.6) is 0 Å². The standard InChI is InChI=1S/C17H18F3N5OS/c1-24-7-9-25(10-8-24)14-5-4-12(11-22-14)23-15(26)13-3-2-6-21-16(13)27-17(18,19)20/h2-6,11H,7-10H2,1H3,(H,23,26). The molecule has 0 aromatic carbocycles. The number of likely N-dealkylation sites (N-methyl/N-ethyl adjacent to an activating group) is 1. The lowest BCUT2D eigenvalue weighted by Gasteiger charge is -2.33. The van der Waals surface area contributed by atoms with E-state index < -0.39 is 23.2 Å². The molecule has 1 saturated heterocycles. The summed E-state index contributed by atoms with van der Waals surface area (Å²) in [5.41, 5.74) is -4.25. The minimum Gasteiger partial charge on any atom is -0.354 e. The van der Waals surface area contributed by atoms with E-state index in [0.29, 0.717) is 5.69 Å². The summed E-state index contributed by atoms with van der Waals surface area (Å²) < 4.78 is 37.9. The third kappa shape index (κ3) is 5.33. The van der Waals surface area contributed by atoms with Crippen LogP contribution >= 0.6 is 11.8 Å². The SMILES string of the molecule is CN1CCN(c2ccc(NC(=O)c3cccnc3SC(F)(F)F)cn2)CC1. The minimum atomic E-state index is -4.52. The molecule has 0 aliphatic carbocycles. The third-order valence-corrected chi connectivity index (χ3v) is 4.81. The Hall–Kier alpha value is -2.33. The Bertz CT molecular complexity index is 792. The van der Waals surface area contributed by atoms with Crippen LogP contribution in [0.3, 0.4) is 0 Å². The Labute approximate surface area is 158 Å². The minimum absolute atomic E-state index is 0.136. The Morgan fingerprint density at radius 1 is 1.15 bits per heavy atom. The lowest BCUT2D eigenvalue weighted by molar-refractivity contribution is -0.0329. The fourth-order valence-corrected chi connectivity index (χ4v) is 3.24. The summed E-state index contributed by atoms with van der Waals surface area (Å²) >= 11 is -0.411. The number of pyridine rings is 2. The van der Waals surface area contributed by atoms with Crippen LogP contribution in [0, 0.1) is 0 Å². The molecule has 144 valence electrons. The van der Waals surface area contributed by atoms with Gasteiger partial charge in [-0.1, -0.05) is 0 Å². The number of rotatable bonds is 4. The summed E-state index contributed by atoms with van der Waals surface area (Å²) in [6.45, 7) is 3.62. The highest BCUT2D eigenvalue weighted by Gasteiger charge is 2.32. The van der Waals surface area contributed by atoms with Gasteiger partial charge in [-0.2, -0.15) is 13.2 Å². The van der Waals surface area contributed by atoms with Gasteiger partial charge in [0.15, 0.2) is 0 Å². The van der Waals surface area contributed by atoms with Gasteiger partial charge in [-0.25, -0.2) is 9.97 Å². The largest absolute Gasteiger partial charge is 0.447 e. The van der Waals surface area contributed by atoms with Crippen LogP contribution in [0.25, 0.3) is 0 Å². The predicted octanol–water partition coefficient (Wildman–Crippen LogP) is 3.09. The number of halogens is 3. The average molecular weight is 397 g/mol. The molecule has 3 heterocycles. The molecule has 27 heavy (non-hydrogen) atoms. The topological polar surface area (TPSA) is 61.4 Å². The van der Waals surface area contributed by atoms with Gasteiger partial charge in [-0.3, -0.25) is 4.79 Å². The highest BCUT2D eigenvalue weighted by Crippen LogP contribution is 2.37. The summed E-state index contributed by atoms with van der Waals surface area (Å²) in [5.74, 6) is 0.139. The second-order valence-corrected chi connectivity index (χ2v) is 7.11. The number of hydrogen-bond acceptors (Lipinski definition) is 6. The van der Waals surface area contributed by atoms with Crippen LogP contribution < -0.4 is 10.2 Å². The maximum absolute atomic E-state index is 12.6. The third-order valence-electron chi connectivity index (χ3n) is 4.06. The van der Waals surface area contributed by atoms with Gasteiger partial charge < -0.3 is 15.1 Å². The van der Waals surface area contributed by atoms with E-state index >= 15 is 0 Å². The van der Waals surface area contributed by atoms with Crippen molar-refractivity contribution in [3.05, 3.63) is 42.2 Å². The van der Waals surface area contributed by atoms with E-state index in [4.69, 9.17) is 0 Å². The quantitative estimate of drug-likeness (QED) is 0.800. The molecule has 0 spiro atoms. The lowest BCUT2D eigenvalue weighted by Crippen LogP contribution is -2.44. The Morgan fingerprint density at radius 2 is 1.89 bits per heavy atom. The molecular weight excluding hydrogens is 379 g/mol. The summed E-state index contributed by atoms with van der Waals surface area (Å²) in [7, 11) is 2.06. The molecule has 1 aliphatic heterocycles. The molecule has 2 aromatic rings. The van der Waals surface area contributed by atoms with Crippen molar-refractivity contribution in [2.45, 2.75) is 10.5 Å². The second-order valence-electron chi connectivity index (χ2n) is 6.05. The van der Waals surface area contributed by atoms with E-state index in [2.05, 4.69) is 32.1 Å². The first kappa shape index (κ1) is 19.4. The Balaban J connectivity index is 1.68. The van der Waals surface area contributed by atoms with Crippen molar-refractivity contribution in [1.82, 2.24) is 14.9 Å². The van der Waals surface area contributed by atoms with E-state index in [9.17, 15) is 18.0 Å². The molecule has 0 bridgehead atoms. The molecule has 0 radical (unpaired) electrons. The van der Waals surface area contributed by atoms with Crippen molar-refractivity contribution in [2.75, 3.05) is 43.4 Å². The lowest BCUT2D eigenvalue weighted by atomic mass is 10.2. The molecule has 6 nitrogen and oxygen atoms in total. The number of anilines is 2. The Kier molecular flexibility index (Phi) is 5.85. The molecule has 3 rings (SSSR count). The summed E-state index contributed by atoms with van der Waals surface area (Å²) in [6.07, 6.45) is 2.72. The van der Waals surface area contributed by atoms with Crippen molar-refractivity contribution < 1.29 is 18.0 Å². The number of alkyl halides is 3.